The van der Waals surface area contributed by atoms with Gasteiger partial charge in [0.1, 0.15) is 52.5 Å². The summed E-state index contributed by atoms with van der Waals surface area (Å²) in [6.45, 7) is 7.35. The summed E-state index contributed by atoms with van der Waals surface area (Å²) in [7, 11) is 6.83. The third-order valence-corrected chi connectivity index (χ3v) is 27.4. The third-order valence-electron chi connectivity index (χ3n) is 15.1. The normalized spacial score (nSPS) is 21.2. The number of fused-ring (bicyclic) bond motifs is 2. The van der Waals surface area contributed by atoms with Crippen LogP contribution < -0.4 is 5.56 Å². The molecule has 12 rings (SSSR count). The smallest absolute Gasteiger partial charge is 0.259 e. The Labute approximate surface area is 552 Å². The average molecular weight is 1380 g/mol. The Kier molecular flexibility index (Phi) is 25.4. The summed E-state index contributed by atoms with van der Waals surface area (Å²) in [5.74, 6) is 0. The number of aromatic amines is 2. The minimum atomic E-state index is -0.909. The molecule has 8 atom stereocenters. The van der Waals surface area contributed by atoms with Gasteiger partial charge >= 0.3 is 0 Å². The van der Waals surface area contributed by atoms with Crippen molar-refractivity contribution in [3.05, 3.63) is 264 Å². The van der Waals surface area contributed by atoms with Crippen LogP contribution in [0.15, 0.2) is 210 Å². The Morgan fingerprint density at radius 2 is 0.955 bits per heavy atom. The molecule has 6 heterocycles. The molecule has 0 unspecified atom stereocenters. The first-order chi connectivity index (χ1) is 43.6. The van der Waals surface area contributed by atoms with Crippen LogP contribution in [0.4, 0.5) is 0 Å². The van der Waals surface area contributed by atoms with E-state index in [2.05, 4.69) is 86.3 Å². The van der Waals surface area contributed by atoms with Crippen LogP contribution in [-0.4, -0.2) is 68.8 Å². The summed E-state index contributed by atoms with van der Waals surface area (Å²) in [5.41, 5.74) is 6.07. The number of nitrogens with zero attached hydrogens (tertiary/aromatic N) is 2. The number of aromatic nitrogens is 4. The molecule has 0 aliphatic carbocycles. The van der Waals surface area contributed by atoms with Crippen molar-refractivity contribution in [1.82, 2.24) is 19.9 Å². The lowest BCUT2D eigenvalue weighted by atomic mass is 9.90. The second-order valence-corrected chi connectivity index (χ2v) is 33.0. The summed E-state index contributed by atoms with van der Waals surface area (Å²) >= 11 is 17.8. The van der Waals surface area contributed by atoms with E-state index < -0.39 is 41.7 Å². The SMILES string of the molecule is C[C@@]1(OCc2ccccc2)[C@H](OCc2ccccc2)[C@@H](COCc2ccccc2)O[C@H]1c1scc2c(=O)[nH]cnc12.C[C@@]1(OCc2ccccc2)[C@H](OCc2ccccc2)[C@@H](COCc2ccccc2)O[C@H]1c1scc2c(=S)nc[nH]c12.S=PP=S=S=S=S. The second-order valence-electron chi connectivity index (χ2n) is 21.0. The molecule has 0 radical (unpaired) electrons. The minimum Gasteiger partial charge on any atom is -0.374 e. The molecule has 2 aliphatic heterocycles. The molecule has 10 aromatic rings. The molecule has 89 heavy (non-hydrogen) atoms. The highest BCUT2D eigenvalue weighted by molar-refractivity contribution is 8.63. The van der Waals surface area contributed by atoms with Crippen molar-refractivity contribution in [2.24, 2.45) is 0 Å². The van der Waals surface area contributed by atoms with E-state index in [0.717, 1.165) is 61.1 Å². The predicted molar refractivity (Wildman–Crippen MR) is 372 cm³/mol. The summed E-state index contributed by atoms with van der Waals surface area (Å²) in [4.78, 5) is 29.1. The first kappa shape index (κ1) is 66.7. The van der Waals surface area contributed by atoms with Gasteiger partial charge in [-0.3, -0.25) is 4.79 Å². The Hall–Kier alpha value is -5.20. The van der Waals surface area contributed by atoms with Crippen molar-refractivity contribution in [3.63, 3.8) is 0 Å². The Bertz CT molecular complexity index is 3870. The van der Waals surface area contributed by atoms with Crippen LogP contribution in [-0.2, 0) is 128 Å². The Balaban J connectivity index is 0.000000177. The highest BCUT2D eigenvalue weighted by atomic mass is 33.3. The number of rotatable bonds is 23. The van der Waals surface area contributed by atoms with E-state index in [-0.39, 0.29) is 11.7 Å². The molecule has 6 aromatic carbocycles. The second kappa shape index (κ2) is 33.9. The zero-order chi connectivity index (χ0) is 61.7. The van der Waals surface area contributed by atoms with Crippen molar-refractivity contribution in [2.75, 3.05) is 13.2 Å². The minimum absolute atomic E-state index is 0.179. The number of hydrogen-bond acceptors (Lipinski definition) is 16. The van der Waals surface area contributed by atoms with Crippen molar-refractivity contribution >= 4 is 121 Å². The lowest BCUT2D eigenvalue weighted by Gasteiger charge is -2.35. The first-order valence-corrected chi connectivity index (χ1v) is 39.1. The highest BCUT2D eigenvalue weighted by Crippen LogP contribution is 2.51. The summed E-state index contributed by atoms with van der Waals surface area (Å²) in [6.07, 6.45) is 0.453. The van der Waals surface area contributed by atoms with Gasteiger partial charge in [0.15, 0.2) is 0 Å². The van der Waals surface area contributed by atoms with Crippen LogP contribution in [0.3, 0.4) is 0 Å². The largest absolute Gasteiger partial charge is 0.374 e. The van der Waals surface area contributed by atoms with Crippen LogP contribution in [0.2, 0.25) is 0 Å². The van der Waals surface area contributed by atoms with Gasteiger partial charge in [-0.25, -0.2) is 9.97 Å². The van der Waals surface area contributed by atoms with Gasteiger partial charge in [-0.15, -0.1) is 22.7 Å². The maximum Gasteiger partial charge on any atom is 0.259 e. The number of thiophene rings is 2. The van der Waals surface area contributed by atoms with E-state index in [4.69, 9.17) is 50.1 Å². The van der Waals surface area contributed by atoms with Gasteiger partial charge in [0.25, 0.3) is 5.56 Å². The van der Waals surface area contributed by atoms with E-state index in [9.17, 15) is 4.79 Å². The monoisotopic (exact) mass is 1370 g/mol. The number of nitrogens with one attached hydrogen (secondary N) is 2. The van der Waals surface area contributed by atoms with Crippen LogP contribution in [0.25, 0.3) is 21.8 Å². The number of H-pyrrole nitrogens is 2. The molecule has 2 N–H and O–H groups in total. The van der Waals surface area contributed by atoms with Crippen molar-refractivity contribution in [1.29, 1.82) is 0 Å². The van der Waals surface area contributed by atoms with Gasteiger partial charge in [-0.2, -0.15) is 0 Å². The van der Waals surface area contributed by atoms with Gasteiger partial charge in [-0.05, 0) is 97.5 Å². The standard InChI is InChI=1S/C33H32N2O5S.C33H32N2O4S2.P2S5/c1-33(39-19-25-15-9-4-10-16-25)30(38-18-24-13-7-3-8-14-24)27(20-37-17-23-11-5-2-6-12-23)40-31(33)29-28-26(21-41-29)32(36)35-22-34-28;1-33(38-19-25-15-9-4-10-16-25)30(37-18-24-13-7-3-8-14-24)27(20-36-17-23-11-5-2-6-12-23)39-31(33)29-28-26(21-41-29)32(40)35-22-34-28;3-1-2-5-7-6-4/h2-16,21-22,27,30-31H,17-20H2,1H3,(H,34,35,36);2-16,21-22,27,30-31H,17-20H2,1H3,(H,34,35,40);/t2*27-,30-,31+,33-;/m11./s1. The molecule has 0 bridgehead atoms. The molecule has 13 nitrogen and oxygen atoms in total. The quantitative estimate of drug-likeness (QED) is 0.0462. The van der Waals surface area contributed by atoms with Crippen LogP contribution >= 0.6 is 49.0 Å². The van der Waals surface area contributed by atoms with Crippen molar-refractivity contribution in [2.45, 2.75) is 101 Å². The van der Waals surface area contributed by atoms with Gasteiger partial charge < -0.3 is 47.9 Å². The van der Waals surface area contributed by atoms with E-state index in [1.807, 2.05) is 163 Å². The van der Waals surface area contributed by atoms with E-state index in [1.54, 1.807) is 36.0 Å². The molecule has 0 amide bonds. The molecular formula is C66H64N4O9P2S8. The molecular weight excluding hydrogens is 1310 g/mol. The molecule has 460 valence electrons. The zero-order valence-corrected chi connectivity index (χ0v) is 56.8. The lowest BCUT2D eigenvalue weighted by molar-refractivity contribution is -0.147. The summed E-state index contributed by atoms with van der Waals surface area (Å²) in [6, 6.07) is 60.7. The number of benzene rings is 6. The van der Waals surface area contributed by atoms with Crippen molar-refractivity contribution in [3.8, 4) is 0 Å². The van der Waals surface area contributed by atoms with Crippen LogP contribution in [0.1, 0.15) is 69.2 Å². The molecule has 0 spiro atoms. The molecule has 0 saturated carbocycles. The van der Waals surface area contributed by atoms with Crippen molar-refractivity contribution < 1.29 is 37.9 Å². The van der Waals surface area contributed by atoms with E-state index in [1.165, 1.54) is 33.6 Å². The fraction of sp³-hybridized carbons (Fsp3) is 0.273. The van der Waals surface area contributed by atoms with Gasteiger partial charge in [0.05, 0.1) is 91.7 Å². The molecule has 23 heteroatoms. The maximum absolute atomic E-state index is 12.5. The van der Waals surface area contributed by atoms with Crippen LogP contribution in [0, 0.1) is 4.64 Å². The highest BCUT2D eigenvalue weighted by Gasteiger charge is 2.58. The van der Waals surface area contributed by atoms with E-state index in [0.29, 0.717) is 68.4 Å². The third kappa shape index (κ3) is 17.7. The van der Waals surface area contributed by atoms with Gasteiger partial charge in [0, 0.05) is 30.2 Å². The zero-order valence-electron chi connectivity index (χ0n) is 48.5. The number of ether oxygens (including phenoxy) is 8. The van der Waals surface area contributed by atoms with Gasteiger partial charge in [0.2, 0.25) is 0 Å². The molecule has 4 aromatic heterocycles. The average Bonchev–Trinajstić information content (AvgIpc) is 1.87. The summed E-state index contributed by atoms with van der Waals surface area (Å²) < 4.78 is 53.6. The Morgan fingerprint density at radius 1 is 0.551 bits per heavy atom. The first-order valence-electron chi connectivity index (χ1n) is 28.4. The Morgan fingerprint density at radius 3 is 1.40 bits per heavy atom. The summed E-state index contributed by atoms with van der Waals surface area (Å²) in [5, 5.41) is 5.31. The molecule has 2 aliphatic rings. The lowest BCUT2D eigenvalue weighted by Crippen LogP contribution is -2.47. The topological polar surface area (TPSA) is 148 Å². The maximum atomic E-state index is 12.5. The fourth-order valence-corrected chi connectivity index (χ4v) is 22.9. The number of hydrogen-bond donors (Lipinski definition) is 2. The van der Waals surface area contributed by atoms with Crippen LogP contribution in [0.5, 0.6) is 0 Å². The predicted octanol–water partition coefficient (Wildman–Crippen LogP) is 15.5. The molecule has 2 saturated heterocycles. The fourth-order valence-electron chi connectivity index (χ4n) is 10.7. The van der Waals surface area contributed by atoms with E-state index >= 15 is 0 Å². The van der Waals surface area contributed by atoms with Gasteiger partial charge in [-0.1, -0.05) is 194 Å². The molecule has 2 fully saturated rings.